The molecule has 0 aliphatic carbocycles. The van der Waals surface area contributed by atoms with Crippen LogP contribution in [0.5, 0.6) is 0 Å². The van der Waals surface area contributed by atoms with Crippen molar-refractivity contribution in [3.8, 4) is 0 Å². The van der Waals surface area contributed by atoms with Crippen LogP contribution in [0.4, 0.5) is 0 Å². The van der Waals surface area contributed by atoms with Crippen molar-refractivity contribution in [3.63, 3.8) is 0 Å². The summed E-state index contributed by atoms with van der Waals surface area (Å²) >= 11 is 0. The van der Waals surface area contributed by atoms with E-state index in [9.17, 15) is 0 Å². The second-order valence-corrected chi connectivity index (χ2v) is 6.31. The smallest absolute Gasteiger partial charge is 0.191 e. The summed E-state index contributed by atoms with van der Waals surface area (Å²) in [6.45, 7) is 11.0. The highest BCUT2D eigenvalue weighted by Crippen LogP contribution is 2.04. The van der Waals surface area contributed by atoms with Crippen molar-refractivity contribution in [1.29, 1.82) is 0 Å². The SMILES string of the molecule is CN=C(NCc1cccc(C)c1)NCC(C)CN1CCOCC1. The molecule has 0 saturated carbocycles. The van der Waals surface area contributed by atoms with Gasteiger partial charge in [-0.2, -0.15) is 0 Å². The Kier molecular flexibility index (Phi) is 7.36. The molecule has 1 aliphatic rings. The number of rotatable bonds is 6. The molecule has 1 fully saturated rings. The number of hydrogen-bond donors (Lipinski definition) is 2. The van der Waals surface area contributed by atoms with Crippen molar-refractivity contribution in [2.45, 2.75) is 20.4 Å². The molecule has 0 spiro atoms. The van der Waals surface area contributed by atoms with Gasteiger partial charge in [0.1, 0.15) is 0 Å². The molecular weight excluding hydrogens is 288 g/mol. The van der Waals surface area contributed by atoms with E-state index in [1.165, 1.54) is 11.1 Å². The zero-order valence-corrected chi connectivity index (χ0v) is 14.6. The van der Waals surface area contributed by atoms with Crippen molar-refractivity contribution in [2.24, 2.45) is 10.9 Å². The lowest BCUT2D eigenvalue weighted by molar-refractivity contribution is 0.0320. The monoisotopic (exact) mass is 318 g/mol. The van der Waals surface area contributed by atoms with Crippen molar-refractivity contribution in [1.82, 2.24) is 15.5 Å². The lowest BCUT2D eigenvalue weighted by Gasteiger charge is -2.29. The first-order chi connectivity index (χ1) is 11.2. The first-order valence-electron chi connectivity index (χ1n) is 8.47. The molecule has 5 heteroatoms. The third-order valence-electron chi connectivity index (χ3n) is 4.06. The maximum Gasteiger partial charge on any atom is 0.191 e. The molecule has 0 radical (unpaired) electrons. The fourth-order valence-electron chi connectivity index (χ4n) is 2.79. The van der Waals surface area contributed by atoms with Crippen molar-refractivity contribution < 1.29 is 4.74 Å². The highest BCUT2D eigenvalue weighted by Gasteiger charge is 2.13. The molecule has 128 valence electrons. The van der Waals surface area contributed by atoms with Crippen LogP contribution in [0.15, 0.2) is 29.3 Å². The van der Waals surface area contributed by atoms with Gasteiger partial charge in [-0.15, -0.1) is 0 Å². The van der Waals surface area contributed by atoms with Crippen molar-refractivity contribution >= 4 is 5.96 Å². The normalized spacial score (nSPS) is 17.8. The van der Waals surface area contributed by atoms with Gasteiger partial charge in [-0.1, -0.05) is 36.8 Å². The minimum atomic E-state index is 0.575. The van der Waals surface area contributed by atoms with Gasteiger partial charge in [0.25, 0.3) is 0 Å². The lowest BCUT2D eigenvalue weighted by atomic mass is 10.1. The van der Waals surface area contributed by atoms with Gasteiger partial charge >= 0.3 is 0 Å². The van der Waals surface area contributed by atoms with Gasteiger partial charge < -0.3 is 15.4 Å². The molecule has 0 aromatic heterocycles. The van der Waals surface area contributed by atoms with Crippen LogP contribution in [0, 0.1) is 12.8 Å². The fourth-order valence-corrected chi connectivity index (χ4v) is 2.79. The molecule has 1 aromatic rings. The average Bonchev–Trinajstić information content (AvgIpc) is 2.56. The van der Waals surface area contributed by atoms with Crippen LogP contribution in [0.2, 0.25) is 0 Å². The van der Waals surface area contributed by atoms with Gasteiger partial charge in [-0.25, -0.2) is 0 Å². The van der Waals surface area contributed by atoms with Gasteiger partial charge in [0, 0.05) is 39.8 Å². The van der Waals surface area contributed by atoms with E-state index in [0.717, 1.165) is 51.9 Å². The maximum absolute atomic E-state index is 5.39. The van der Waals surface area contributed by atoms with E-state index in [1.807, 2.05) is 7.05 Å². The highest BCUT2D eigenvalue weighted by molar-refractivity contribution is 5.79. The predicted octanol–water partition coefficient (Wildman–Crippen LogP) is 1.63. The minimum Gasteiger partial charge on any atom is -0.379 e. The zero-order chi connectivity index (χ0) is 16.5. The molecule has 0 bridgehead atoms. The largest absolute Gasteiger partial charge is 0.379 e. The first kappa shape index (κ1) is 17.8. The Bertz CT molecular complexity index is 498. The van der Waals surface area contributed by atoms with E-state index in [4.69, 9.17) is 4.74 Å². The van der Waals surface area contributed by atoms with Gasteiger partial charge in [0.05, 0.1) is 13.2 Å². The molecule has 1 saturated heterocycles. The topological polar surface area (TPSA) is 48.9 Å². The summed E-state index contributed by atoms with van der Waals surface area (Å²) in [5.41, 5.74) is 2.56. The number of guanidine groups is 1. The molecule has 0 amide bonds. The van der Waals surface area contributed by atoms with E-state index >= 15 is 0 Å². The Balaban J connectivity index is 1.69. The minimum absolute atomic E-state index is 0.575. The number of morpholine rings is 1. The summed E-state index contributed by atoms with van der Waals surface area (Å²) < 4.78 is 5.39. The number of aliphatic imine (C=N–C) groups is 1. The number of hydrogen-bond acceptors (Lipinski definition) is 3. The quantitative estimate of drug-likeness (QED) is 0.618. The van der Waals surface area contributed by atoms with Gasteiger partial charge in [-0.05, 0) is 18.4 Å². The van der Waals surface area contributed by atoms with Gasteiger partial charge in [0.15, 0.2) is 5.96 Å². The van der Waals surface area contributed by atoms with E-state index in [0.29, 0.717) is 5.92 Å². The molecule has 5 nitrogen and oxygen atoms in total. The van der Waals surface area contributed by atoms with Crippen LogP contribution < -0.4 is 10.6 Å². The second kappa shape index (κ2) is 9.53. The first-order valence-corrected chi connectivity index (χ1v) is 8.47. The summed E-state index contributed by atoms with van der Waals surface area (Å²) in [6.07, 6.45) is 0. The third kappa shape index (κ3) is 6.59. The predicted molar refractivity (Wildman–Crippen MR) is 95.8 cm³/mol. The van der Waals surface area contributed by atoms with Crippen LogP contribution in [0.25, 0.3) is 0 Å². The molecule has 1 unspecified atom stereocenters. The van der Waals surface area contributed by atoms with E-state index in [2.05, 4.69) is 58.6 Å². The standard InChI is InChI=1S/C18H30N4O/c1-15-5-4-6-17(11-15)13-21-18(19-3)20-12-16(2)14-22-7-9-23-10-8-22/h4-6,11,16H,7-10,12-14H2,1-3H3,(H2,19,20,21). The second-order valence-electron chi connectivity index (χ2n) is 6.31. The van der Waals surface area contributed by atoms with Gasteiger partial charge in [0.2, 0.25) is 0 Å². The van der Waals surface area contributed by atoms with E-state index in [1.54, 1.807) is 0 Å². The Hall–Kier alpha value is -1.59. The lowest BCUT2D eigenvalue weighted by Crippen LogP contribution is -2.43. The van der Waals surface area contributed by atoms with Crippen LogP contribution in [0.1, 0.15) is 18.1 Å². The summed E-state index contributed by atoms with van der Waals surface area (Å²) in [7, 11) is 1.82. The number of aryl methyl sites for hydroxylation is 1. The molecule has 23 heavy (non-hydrogen) atoms. The molecule has 1 aliphatic heterocycles. The van der Waals surface area contributed by atoms with Crippen LogP contribution in [-0.2, 0) is 11.3 Å². The summed E-state index contributed by atoms with van der Waals surface area (Å²) in [4.78, 5) is 6.78. The summed E-state index contributed by atoms with van der Waals surface area (Å²) in [5.74, 6) is 1.44. The number of ether oxygens (including phenoxy) is 1. The maximum atomic E-state index is 5.39. The van der Waals surface area contributed by atoms with Crippen molar-refractivity contribution in [3.05, 3.63) is 35.4 Å². The highest BCUT2D eigenvalue weighted by atomic mass is 16.5. The van der Waals surface area contributed by atoms with Gasteiger partial charge in [-0.3, -0.25) is 9.89 Å². The van der Waals surface area contributed by atoms with Crippen LogP contribution >= 0.6 is 0 Å². The number of benzene rings is 1. The molecule has 2 N–H and O–H groups in total. The van der Waals surface area contributed by atoms with Crippen molar-refractivity contribution in [2.75, 3.05) is 46.4 Å². The zero-order valence-electron chi connectivity index (χ0n) is 14.6. The Morgan fingerprint density at radius 2 is 2.09 bits per heavy atom. The molecule has 1 atom stereocenters. The number of nitrogens with one attached hydrogen (secondary N) is 2. The van der Waals surface area contributed by atoms with Crippen LogP contribution in [0.3, 0.4) is 0 Å². The average molecular weight is 318 g/mol. The molecule has 2 rings (SSSR count). The Labute approximate surface area is 140 Å². The Morgan fingerprint density at radius 1 is 1.30 bits per heavy atom. The summed E-state index contributed by atoms with van der Waals surface area (Å²) in [5, 5.41) is 6.80. The molecule has 1 heterocycles. The van der Waals surface area contributed by atoms with E-state index in [-0.39, 0.29) is 0 Å². The molecular formula is C18H30N4O. The Morgan fingerprint density at radius 3 is 2.78 bits per heavy atom. The molecule has 1 aromatic carbocycles. The summed E-state index contributed by atoms with van der Waals surface area (Å²) in [6, 6.07) is 8.53. The van der Waals surface area contributed by atoms with Crippen LogP contribution in [-0.4, -0.2) is 57.3 Å². The number of nitrogens with zero attached hydrogens (tertiary/aromatic N) is 2. The van der Waals surface area contributed by atoms with E-state index < -0.39 is 0 Å². The fraction of sp³-hybridized carbons (Fsp3) is 0.611. The third-order valence-corrected chi connectivity index (χ3v) is 4.06.